The molecule has 0 unspecified atom stereocenters. The van der Waals surface area contributed by atoms with Crippen LogP contribution in [0.2, 0.25) is 5.02 Å². The summed E-state index contributed by atoms with van der Waals surface area (Å²) in [6, 6.07) is 12.1. The molecule has 1 aliphatic rings. The molecule has 0 spiro atoms. The number of carbonyl (C=O) groups is 2. The molecule has 2 aromatic rings. The summed E-state index contributed by atoms with van der Waals surface area (Å²) in [4.78, 5) is 25.2. The summed E-state index contributed by atoms with van der Waals surface area (Å²) in [6.45, 7) is 3.63. The van der Waals surface area contributed by atoms with E-state index in [1.807, 2.05) is 13.8 Å². The first kappa shape index (κ1) is 20.0. The Morgan fingerprint density at radius 1 is 1.18 bits per heavy atom. The fraction of sp³-hybridized carbons (Fsp3) is 0.333. The fourth-order valence-corrected chi connectivity index (χ4v) is 3.12. The quantitative estimate of drug-likeness (QED) is 0.741. The minimum absolute atomic E-state index is 0.208. The predicted octanol–water partition coefficient (Wildman–Crippen LogP) is 3.86. The molecular formula is C21H22ClNO5. The van der Waals surface area contributed by atoms with Crippen LogP contribution in [-0.2, 0) is 20.7 Å². The van der Waals surface area contributed by atoms with Gasteiger partial charge in [0.1, 0.15) is 11.5 Å². The minimum Gasteiger partial charge on any atom is -0.497 e. The Kier molecular flexibility index (Phi) is 6.09. The van der Waals surface area contributed by atoms with Crippen molar-refractivity contribution in [1.82, 2.24) is 0 Å². The molecule has 148 valence electrons. The first-order chi connectivity index (χ1) is 13.4. The van der Waals surface area contributed by atoms with Gasteiger partial charge >= 0.3 is 5.97 Å². The molecule has 0 aromatic heterocycles. The maximum Gasteiger partial charge on any atom is 0.348 e. The molecule has 2 atom stereocenters. The van der Waals surface area contributed by atoms with Gasteiger partial charge in [-0.25, -0.2) is 4.79 Å². The number of carbonyl (C=O) groups excluding carboxylic acids is 2. The number of ether oxygens (including phenoxy) is 3. The lowest BCUT2D eigenvalue weighted by atomic mass is 10.1. The molecule has 0 fully saturated rings. The standard InChI is InChI=1S/C21H22ClNO5/c1-12(2)19(20(24)23-15-5-7-16(26-3)8-6-15)28-21(25)18-11-13-10-14(22)4-9-17(13)27-18/h4-10,12,18-19H,11H2,1-3H3,(H,23,24)/t18-,19+/m0/s1. The van der Waals surface area contributed by atoms with E-state index in [4.69, 9.17) is 25.8 Å². The van der Waals surface area contributed by atoms with Crippen LogP contribution in [-0.4, -0.2) is 31.2 Å². The van der Waals surface area contributed by atoms with E-state index in [0.29, 0.717) is 28.6 Å². The van der Waals surface area contributed by atoms with Crippen LogP contribution in [0.3, 0.4) is 0 Å². The number of benzene rings is 2. The maximum absolute atomic E-state index is 12.6. The topological polar surface area (TPSA) is 73.9 Å². The number of nitrogens with one attached hydrogen (secondary N) is 1. The molecule has 0 bridgehead atoms. The summed E-state index contributed by atoms with van der Waals surface area (Å²) >= 11 is 5.98. The molecule has 1 N–H and O–H groups in total. The van der Waals surface area contributed by atoms with Gasteiger partial charge in [0, 0.05) is 17.1 Å². The zero-order valence-corrected chi connectivity index (χ0v) is 16.7. The number of methoxy groups -OCH3 is 1. The van der Waals surface area contributed by atoms with E-state index in [1.54, 1.807) is 49.6 Å². The first-order valence-corrected chi connectivity index (χ1v) is 9.35. The highest BCUT2D eigenvalue weighted by Gasteiger charge is 2.35. The lowest BCUT2D eigenvalue weighted by Gasteiger charge is -2.22. The van der Waals surface area contributed by atoms with Crippen molar-refractivity contribution in [2.45, 2.75) is 32.5 Å². The largest absolute Gasteiger partial charge is 0.497 e. The number of esters is 1. The minimum atomic E-state index is -0.939. The lowest BCUT2D eigenvalue weighted by molar-refractivity contribution is -0.163. The third-order valence-corrected chi connectivity index (χ3v) is 4.66. The van der Waals surface area contributed by atoms with Gasteiger partial charge in [-0.3, -0.25) is 4.79 Å². The first-order valence-electron chi connectivity index (χ1n) is 8.98. The van der Waals surface area contributed by atoms with Crippen LogP contribution in [0.25, 0.3) is 0 Å². The monoisotopic (exact) mass is 403 g/mol. The van der Waals surface area contributed by atoms with Gasteiger partial charge in [0.05, 0.1) is 7.11 Å². The SMILES string of the molecule is COc1ccc(NC(=O)[C@H](OC(=O)[C@@H]2Cc3cc(Cl)ccc3O2)C(C)C)cc1. The summed E-state index contributed by atoms with van der Waals surface area (Å²) in [5.74, 6) is 0.112. The highest BCUT2D eigenvalue weighted by atomic mass is 35.5. The Morgan fingerprint density at radius 2 is 1.89 bits per heavy atom. The van der Waals surface area contributed by atoms with Crippen molar-refractivity contribution in [1.29, 1.82) is 0 Å². The second-order valence-electron chi connectivity index (χ2n) is 6.88. The Bertz CT molecular complexity index is 866. The van der Waals surface area contributed by atoms with Crippen molar-refractivity contribution in [2.24, 2.45) is 5.92 Å². The Labute approximate surface area is 168 Å². The zero-order valence-electron chi connectivity index (χ0n) is 15.9. The second kappa shape index (κ2) is 8.52. The molecule has 3 rings (SSSR count). The van der Waals surface area contributed by atoms with Crippen LogP contribution in [0.5, 0.6) is 11.5 Å². The molecule has 28 heavy (non-hydrogen) atoms. The van der Waals surface area contributed by atoms with E-state index in [1.165, 1.54) is 0 Å². The van der Waals surface area contributed by atoms with Gasteiger partial charge in [0.2, 0.25) is 0 Å². The summed E-state index contributed by atoms with van der Waals surface area (Å²) in [5.41, 5.74) is 1.44. The highest BCUT2D eigenvalue weighted by molar-refractivity contribution is 6.30. The van der Waals surface area contributed by atoms with Gasteiger partial charge in [-0.05, 0) is 53.9 Å². The van der Waals surface area contributed by atoms with Crippen molar-refractivity contribution in [3.05, 3.63) is 53.1 Å². The Hall–Kier alpha value is -2.73. The van der Waals surface area contributed by atoms with Crippen LogP contribution in [0.4, 0.5) is 5.69 Å². The molecule has 2 aromatic carbocycles. The number of hydrogen-bond acceptors (Lipinski definition) is 5. The van der Waals surface area contributed by atoms with Crippen molar-refractivity contribution in [3.63, 3.8) is 0 Å². The van der Waals surface area contributed by atoms with Gasteiger partial charge in [-0.2, -0.15) is 0 Å². The predicted molar refractivity (Wildman–Crippen MR) is 106 cm³/mol. The van der Waals surface area contributed by atoms with E-state index in [0.717, 1.165) is 5.56 Å². The number of hydrogen-bond donors (Lipinski definition) is 1. The molecular weight excluding hydrogens is 382 g/mol. The number of fused-ring (bicyclic) bond motifs is 1. The lowest BCUT2D eigenvalue weighted by Crippen LogP contribution is -2.40. The van der Waals surface area contributed by atoms with E-state index < -0.39 is 24.1 Å². The van der Waals surface area contributed by atoms with Gasteiger partial charge in [0.15, 0.2) is 12.2 Å². The van der Waals surface area contributed by atoms with Crippen molar-refractivity contribution in [3.8, 4) is 11.5 Å². The van der Waals surface area contributed by atoms with Gasteiger partial charge in [-0.15, -0.1) is 0 Å². The van der Waals surface area contributed by atoms with Gasteiger partial charge in [-0.1, -0.05) is 25.4 Å². The van der Waals surface area contributed by atoms with Crippen molar-refractivity contribution < 1.29 is 23.8 Å². The Balaban J connectivity index is 1.63. The van der Waals surface area contributed by atoms with Crippen LogP contribution >= 0.6 is 11.6 Å². The number of rotatable bonds is 6. The summed E-state index contributed by atoms with van der Waals surface area (Å²) in [5, 5.41) is 3.34. The van der Waals surface area contributed by atoms with Crippen molar-refractivity contribution in [2.75, 3.05) is 12.4 Å². The summed E-state index contributed by atoms with van der Waals surface area (Å²) in [7, 11) is 1.57. The van der Waals surface area contributed by atoms with Crippen LogP contribution in [0.1, 0.15) is 19.4 Å². The number of anilines is 1. The molecule has 6 nitrogen and oxygen atoms in total. The number of halogens is 1. The van der Waals surface area contributed by atoms with Crippen molar-refractivity contribution >= 4 is 29.2 Å². The van der Waals surface area contributed by atoms with Gasteiger partial charge < -0.3 is 19.5 Å². The highest BCUT2D eigenvalue weighted by Crippen LogP contribution is 2.31. The average molecular weight is 404 g/mol. The summed E-state index contributed by atoms with van der Waals surface area (Å²) in [6.07, 6.45) is -1.37. The normalized spacial score (nSPS) is 16.1. The van der Waals surface area contributed by atoms with Crippen LogP contribution in [0.15, 0.2) is 42.5 Å². The molecule has 0 radical (unpaired) electrons. The fourth-order valence-electron chi connectivity index (χ4n) is 2.93. The van der Waals surface area contributed by atoms with E-state index in [2.05, 4.69) is 5.32 Å². The Morgan fingerprint density at radius 3 is 2.54 bits per heavy atom. The zero-order chi connectivity index (χ0) is 20.3. The van der Waals surface area contributed by atoms with E-state index in [-0.39, 0.29) is 5.92 Å². The molecule has 7 heteroatoms. The third kappa shape index (κ3) is 4.57. The average Bonchev–Trinajstić information content (AvgIpc) is 3.09. The number of amides is 1. The van der Waals surface area contributed by atoms with E-state index >= 15 is 0 Å². The molecule has 0 saturated heterocycles. The van der Waals surface area contributed by atoms with Crippen LogP contribution in [0, 0.1) is 5.92 Å². The molecule has 1 heterocycles. The molecule has 1 amide bonds. The molecule has 1 aliphatic heterocycles. The van der Waals surface area contributed by atoms with Crippen LogP contribution < -0.4 is 14.8 Å². The van der Waals surface area contributed by atoms with Gasteiger partial charge in [0.25, 0.3) is 5.91 Å². The smallest absolute Gasteiger partial charge is 0.348 e. The second-order valence-corrected chi connectivity index (χ2v) is 7.32. The third-order valence-electron chi connectivity index (χ3n) is 4.42. The maximum atomic E-state index is 12.6. The summed E-state index contributed by atoms with van der Waals surface area (Å²) < 4.78 is 16.3. The van der Waals surface area contributed by atoms with E-state index in [9.17, 15) is 9.59 Å². The molecule has 0 saturated carbocycles. The molecule has 0 aliphatic carbocycles.